The predicted molar refractivity (Wildman–Crippen MR) is 77.2 cm³/mol. The summed E-state index contributed by atoms with van der Waals surface area (Å²) in [6.45, 7) is 0. The van der Waals surface area contributed by atoms with Crippen LogP contribution < -0.4 is 5.32 Å². The number of carbonyl (C=O) groups excluding carboxylic acids is 2. The monoisotopic (exact) mass is 299 g/mol. The van der Waals surface area contributed by atoms with E-state index < -0.39 is 0 Å². The van der Waals surface area contributed by atoms with Gasteiger partial charge in [0.2, 0.25) is 5.91 Å². The van der Waals surface area contributed by atoms with E-state index in [-0.39, 0.29) is 18.2 Å². The Morgan fingerprint density at radius 3 is 2.82 bits per heavy atom. The van der Waals surface area contributed by atoms with Crippen LogP contribution >= 0.6 is 0 Å². The molecule has 0 saturated heterocycles. The first-order valence-corrected chi connectivity index (χ1v) is 6.60. The SMILES string of the molecule is CN1N=C(C(=O)Nc2ccc(-n3cncn3)nc2)CCC1=O. The number of hydrazone groups is 1. The molecule has 0 fully saturated rings. The van der Waals surface area contributed by atoms with Gasteiger partial charge in [-0.25, -0.2) is 19.7 Å². The van der Waals surface area contributed by atoms with Gasteiger partial charge in [-0.1, -0.05) is 0 Å². The topological polar surface area (TPSA) is 105 Å². The number of nitrogens with zero attached hydrogens (tertiary/aromatic N) is 6. The van der Waals surface area contributed by atoms with E-state index in [1.807, 2.05) is 0 Å². The number of rotatable bonds is 3. The van der Waals surface area contributed by atoms with Crippen molar-refractivity contribution in [1.82, 2.24) is 24.8 Å². The highest BCUT2D eigenvalue weighted by atomic mass is 16.2. The fraction of sp³-hybridized carbons (Fsp3) is 0.231. The highest BCUT2D eigenvalue weighted by molar-refractivity contribution is 6.43. The molecule has 1 aliphatic heterocycles. The molecule has 112 valence electrons. The van der Waals surface area contributed by atoms with Gasteiger partial charge < -0.3 is 5.32 Å². The molecule has 0 radical (unpaired) electrons. The summed E-state index contributed by atoms with van der Waals surface area (Å²) in [5, 5.41) is 11.8. The van der Waals surface area contributed by atoms with Crippen LogP contribution in [0.25, 0.3) is 5.82 Å². The van der Waals surface area contributed by atoms with Crippen LogP contribution in [0.1, 0.15) is 12.8 Å². The largest absolute Gasteiger partial charge is 0.319 e. The van der Waals surface area contributed by atoms with Gasteiger partial charge in [0.25, 0.3) is 5.91 Å². The average molecular weight is 299 g/mol. The maximum atomic E-state index is 12.1. The lowest BCUT2D eigenvalue weighted by Gasteiger charge is -2.18. The molecule has 0 saturated carbocycles. The Bertz CT molecular complexity index is 721. The Balaban J connectivity index is 1.69. The maximum absolute atomic E-state index is 12.1. The molecular weight excluding hydrogens is 286 g/mol. The van der Waals surface area contributed by atoms with E-state index in [0.29, 0.717) is 23.6 Å². The number of amides is 2. The van der Waals surface area contributed by atoms with Crippen LogP contribution in [0, 0.1) is 0 Å². The second-order valence-corrected chi connectivity index (χ2v) is 4.66. The molecule has 0 atom stereocenters. The summed E-state index contributed by atoms with van der Waals surface area (Å²) in [4.78, 5) is 31.5. The smallest absolute Gasteiger partial charge is 0.271 e. The average Bonchev–Trinajstić information content (AvgIpc) is 3.05. The summed E-state index contributed by atoms with van der Waals surface area (Å²) >= 11 is 0. The first kappa shape index (κ1) is 13.9. The van der Waals surface area contributed by atoms with Gasteiger partial charge in [-0.05, 0) is 12.1 Å². The zero-order valence-corrected chi connectivity index (χ0v) is 11.8. The summed E-state index contributed by atoms with van der Waals surface area (Å²) in [5.74, 6) is 0.154. The van der Waals surface area contributed by atoms with Crippen LogP contribution in [0.15, 0.2) is 36.1 Å². The predicted octanol–water partition coefficient (Wildman–Crippen LogP) is 0.209. The number of aromatic nitrogens is 4. The van der Waals surface area contributed by atoms with E-state index in [1.165, 1.54) is 35.6 Å². The standard InChI is InChI=1S/C13H13N7O2/c1-19-12(21)5-3-10(18-19)13(22)17-9-2-4-11(15-6-9)20-8-14-7-16-20/h2,4,6-8H,3,5H2,1H3,(H,17,22). The third-order valence-electron chi connectivity index (χ3n) is 3.13. The highest BCUT2D eigenvalue weighted by Gasteiger charge is 2.21. The molecule has 2 aromatic heterocycles. The maximum Gasteiger partial charge on any atom is 0.271 e. The van der Waals surface area contributed by atoms with Crippen LogP contribution in [-0.2, 0) is 9.59 Å². The summed E-state index contributed by atoms with van der Waals surface area (Å²) < 4.78 is 1.51. The third kappa shape index (κ3) is 2.82. The lowest BCUT2D eigenvalue weighted by atomic mass is 10.1. The minimum atomic E-state index is -0.338. The van der Waals surface area contributed by atoms with Crippen LogP contribution in [0.4, 0.5) is 5.69 Å². The van der Waals surface area contributed by atoms with E-state index in [2.05, 4.69) is 25.5 Å². The lowest BCUT2D eigenvalue weighted by molar-refractivity contribution is -0.130. The minimum Gasteiger partial charge on any atom is -0.319 e. The van der Waals surface area contributed by atoms with Crippen molar-refractivity contribution in [3.8, 4) is 5.82 Å². The number of pyridine rings is 1. The van der Waals surface area contributed by atoms with Crippen LogP contribution in [-0.4, -0.2) is 49.3 Å². The van der Waals surface area contributed by atoms with Gasteiger partial charge in [0.1, 0.15) is 18.4 Å². The first-order valence-electron chi connectivity index (χ1n) is 6.60. The van der Waals surface area contributed by atoms with Crippen molar-refractivity contribution < 1.29 is 9.59 Å². The Kier molecular flexibility index (Phi) is 3.60. The molecule has 0 bridgehead atoms. The fourth-order valence-corrected chi connectivity index (χ4v) is 1.96. The van der Waals surface area contributed by atoms with Crippen molar-refractivity contribution in [3.05, 3.63) is 31.0 Å². The van der Waals surface area contributed by atoms with Gasteiger partial charge in [-0.2, -0.15) is 10.2 Å². The molecule has 2 amide bonds. The highest BCUT2D eigenvalue weighted by Crippen LogP contribution is 2.11. The number of carbonyl (C=O) groups is 2. The second-order valence-electron chi connectivity index (χ2n) is 4.66. The van der Waals surface area contributed by atoms with Crippen LogP contribution in [0.2, 0.25) is 0 Å². The number of hydrogen-bond acceptors (Lipinski definition) is 6. The van der Waals surface area contributed by atoms with Gasteiger partial charge in [-0.3, -0.25) is 9.59 Å². The molecule has 3 rings (SSSR count). The summed E-state index contributed by atoms with van der Waals surface area (Å²) in [6.07, 6.45) is 5.08. The Morgan fingerprint density at radius 2 is 2.18 bits per heavy atom. The van der Waals surface area contributed by atoms with Crippen molar-refractivity contribution in [2.24, 2.45) is 5.10 Å². The third-order valence-corrected chi connectivity index (χ3v) is 3.13. The zero-order chi connectivity index (χ0) is 15.5. The molecule has 3 heterocycles. The van der Waals surface area contributed by atoms with Crippen molar-refractivity contribution in [3.63, 3.8) is 0 Å². The zero-order valence-electron chi connectivity index (χ0n) is 11.8. The quantitative estimate of drug-likeness (QED) is 0.872. The summed E-state index contributed by atoms with van der Waals surface area (Å²) in [5.41, 5.74) is 0.860. The van der Waals surface area contributed by atoms with Gasteiger partial charge in [0.15, 0.2) is 5.82 Å². The van der Waals surface area contributed by atoms with E-state index >= 15 is 0 Å². The Labute approximate surface area is 125 Å². The van der Waals surface area contributed by atoms with Crippen LogP contribution in [0.3, 0.4) is 0 Å². The van der Waals surface area contributed by atoms with Crippen molar-refractivity contribution in [1.29, 1.82) is 0 Å². The fourth-order valence-electron chi connectivity index (χ4n) is 1.96. The molecule has 1 N–H and O–H groups in total. The number of hydrogen-bond donors (Lipinski definition) is 1. The first-order chi connectivity index (χ1) is 10.6. The molecule has 22 heavy (non-hydrogen) atoms. The second kappa shape index (κ2) is 5.72. The Morgan fingerprint density at radius 1 is 1.32 bits per heavy atom. The van der Waals surface area contributed by atoms with E-state index in [9.17, 15) is 9.59 Å². The molecule has 2 aromatic rings. The molecule has 0 aromatic carbocycles. The molecule has 0 spiro atoms. The molecule has 9 heteroatoms. The van der Waals surface area contributed by atoms with Crippen molar-refractivity contribution in [2.75, 3.05) is 12.4 Å². The lowest BCUT2D eigenvalue weighted by Crippen LogP contribution is -2.34. The van der Waals surface area contributed by atoms with Crippen LogP contribution in [0.5, 0.6) is 0 Å². The Hall–Kier alpha value is -3.10. The minimum absolute atomic E-state index is 0.101. The molecule has 1 aliphatic rings. The van der Waals surface area contributed by atoms with Gasteiger partial charge >= 0.3 is 0 Å². The van der Waals surface area contributed by atoms with E-state index in [1.54, 1.807) is 12.1 Å². The normalized spacial score (nSPS) is 14.7. The van der Waals surface area contributed by atoms with Crippen molar-refractivity contribution >= 4 is 23.2 Å². The van der Waals surface area contributed by atoms with E-state index in [0.717, 1.165) is 0 Å². The molecule has 0 unspecified atom stereocenters. The van der Waals surface area contributed by atoms with E-state index in [4.69, 9.17) is 0 Å². The molecular formula is C13H13N7O2. The summed E-state index contributed by atoms with van der Waals surface area (Å²) in [6, 6.07) is 3.42. The molecule has 0 aliphatic carbocycles. The number of nitrogens with one attached hydrogen (secondary N) is 1. The summed E-state index contributed by atoms with van der Waals surface area (Å²) in [7, 11) is 1.53. The van der Waals surface area contributed by atoms with Crippen molar-refractivity contribution in [2.45, 2.75) is 12.8 Å². The molecule has 9 nitrogen and oxygen atoms in total. The van der Waals surface area contributed by atoms with Gasteiger partial charge in [0, 0.05) is 19.9 Å². The van der Waals surface area contributed by atoms with Gasteiger partial charge in [-0.15, -0.1) is 0 Å². The van der Waals surface area contributed by atoms with Gasteiger partial charge in [0.05, 0.1) is 11.9 Å². The number of anilines is 1.